The summed E-state index contributed by atoms with van der Waals surface area (Å²) in [6.07, 6.45) is 4.60. The van der Waals surface area contributed by atoms with Crippen LogP contribution in [-0.4, -0.2) is 39.8 Å². The van der Waals surface area contributed by atoms with Crippen molar-refractivity contribution in [2.24, 2.45) is 0 Å². The number of aryl methyl sites for hydroxylation is 1. The summed E-state index contributed by atoms with van der Waals surface area (Å²) in [6.45, 7) is 5.40. The Balaban J connectivity index is 0.000000497. The Labute approximate surface area is 124 Å². The molecule has 1 aromatic heterocycles. The van der Waals surface area contributed by atoms with Crippen molar-refractivity contribution in [3.8, 4) is 11.1 Å². The minimum Gasteiger partial charge on any atom is -0.483 e. The summed E-state index contributed by atoms with van der Waals surface area (Å²) in [4.78, 5) is 10.9. The second kappa shape index (κ2) is 7.59. The Morgan fingerprint density at radius 3 is 2.43 bits per heavy atom. The molecule has 3 rings (SSSR count). The topological polar surface area (TPSA) is 69.2 Å². The summed E-state index contributed by atoms with van der Waals surface area (Å²) in [5.41, 5.74) is 4.97. The third-order valence-electron chi connectivity index (χ3n) is 3.70. The predicted octanol–water partition coefficient (Wildman–Crippen LogP) is 2.68. The summed E-state index contributed by atoms with van der Waals surface area (Å²) < 4.78 is 0. The van der Waals surface area contributed by atoms with Gasteiger partial charge < -0.3 is 5.11 Å². The largest absolute Gasteiger partial charge is 0.483 e. The van der Waals surface area contributed by atoms with Gasteiger partial charge in [-0.1, -0.05) is 24.3 Å². The molecule has 1 aliphatic rings. The number of benzene rings is 1. The molecule has 1 saturated heterocycles. The first-order valence-electron chi connectivity index (χ1n) is 7.14. The molecule has 0 aliphatic carbocycles. The molecule has 1 aromatic carbocycles. The van der Waals surface area contributed by atoms with Crippen LogP contribution in [0.4, 0.5) is 0 Å². The Morgan fingerprint density at radius 2 is 1.90 bits per heavy atom. The molecule has 0 atom stereocenters. The SMILES string of the molecule is Cc1[nH]ncc1-c1ccc(CN2CCCC2)cc1.O=CO. The van der Waals surface area contributed by atoms with Gasteiger partial charge in [0.2, 0.25) is 0 Å². The molecule has 5 nitrogen and oxygen atoms in total. The van der Waals surface area contributed by atoms with Gasteiger partial charge in [-0.3, -0.25) is 14.8 Å². The van der Waals surface area contributed by atoms with Gasteiger partial charge in [0.05, 0.1) is 6.20 Å². The molecular formula is C16H21N3O2. The van der Waals surface area contributed by atoms with Gasteiger partial charge in [-0.15, -0.1) is 0 Å². The number of aromatic amines is 1. The fourth-order valence-electron chi connectivity index (χ4n) is 2.63. The molecule has 112 valence electrons. The van der Waals surface area contributed by atoms with Gasteiger partial charge in [-0.2, -0.15) is 5.10 Å². The van der Waals surface area contributed by atoms with E-state index >= 15 is 0 Å². The zero-order chi connectivity index (χ0) is 15.1. The van der Waals surface area contributed by atoms with E-state index in [0.717, 1.165) is 12.2 Å². The quantitative estimate of drug-likeness (QED) is 0.852. The van der Waals surface area contributed by atoms with Gasteiger partial charge in [-0.25, -0.2) is 0 Å². The first-order chi connectivity index (χ1) is 10.2. The lowest BCUT2D eigenvalue weighted by Gasteiger charge is -2.14. The Hall–Kier alpha value is -2.14. The highest BCUT2D eigenvalue weighted by Crippen LogP contribution is 2.22. The summed E-state index contributed by atoms with van der Waals surface area (Å²) in [5.74, 6) is 0. The molecule has 0 unspecified atom stereocenters. The smallest absolute Gasteiger partial charge is 0.290 e. The number of hydrogen-bond donors (Lipinski definition) is 2. The van der Waals surface area contributed by atoms with Crippen LogP contribution in [0.25, 0.3) is 11.1 Å². The van der Waals surface area contributed by atoms with Crippen LogP contribution < -0.4 is 0 Å². The summed E-state index contributed by atoms with van der Waals surface area (Å²) in [7, 11) is 0. The standard InChI is InChI=1S/C15H19N3.CH2O2/c1-12-15(10-16-17-12)14-6-4-13(5-7-14)11-18-8-2-3-9-18;2-1-3/h4-7,10H,2-3,8-9,11H2,1H3,(H,16,17);1H,(H,2,3). The number of hydrogen-bond acceptors (Lipinski definition) is 3. The molecule has 2 N–H and O–H groups in total. The number of nitrogens with zero attached hydrogens (tertiary/aromatic N) is 2. The van der Waals surface area contributed by atoms with Crippen LogP contribution in [0, 0.1) is 6.92 Å². The van der Waals surface area contributed by atoms with Crippen molar-refractivity contribution in [3.63, 3.8) is 0 Å². The minimum atomic E-state index is -0.250. The van der Waals surface area contributed by atoms with E-state index in [2.05, 4.69) is 46.3 Å². The lowest BCUT2D eigenvalue weighted by atomic mass is 10.0. The maximum Gasteiger partial charge on any atom is 0.290 e. The Morgan fingerprint density at radius 1 is 1.29 bits per heavy atom. The molecule has 0 amide bonds. The first kappa shape index (κ1) is 15.3. The summed E-state index contributed by atoms with van der Waals surface area (Å²) in [6, 6.07) is 8.87. The van der Waals surface area contributed by atoms with Gasteiger partial charge in [0.15, 0.2) is 0 Å². The zero-order valence-corrected chi connectivity index (χ0v) is 12.2. The molecule has 0 spiro atoms. The Kier molecular flexibility index (Phi) is 5.51. The first-order valence-corrected chi connectivity index (χ1v) is 7.14. The van der Waals surface area contributed by atoms with Gasteiger partial charge in [0.25, 0.3) is 6.47 Å². The van der Waals surface area contributed by atoms with Crippen molar-refractivity contribution in [1.82, 2.24) is 15.1 Å². The number of H-pyrrole nitrogens is 1. The third-order valence-corrected chi connectivity index (χ3v) is 3.70. The normalized spacial score (nSPS) is 14.5. The third kappa shape index (κ3) is 4.16. The van der Waals surface area contributed by atoms with Gasteiger partial charge in [-0.05, 0) is 44.0 Å². The van der Waals surface area contributed by atoms with E-state index in [4.69, 9.17) is 9.90 Å². The Bertz CT molecular complexity index is 557. The highest BCUT2D eigenvalue weighted by Gasteiger charge is 2.11. The maximum atomic E-state index is 8.36. The van der Waals surface area contributed by atoms with Crippen molar-refractivity contribution in [1.29, 1.82) is 0 Å². The lowest BCUT2D eigenvalue weighted by Crippen LogP contribution is -2.18. The molecule has 5 heteroatoms. The van der Waals surface area contributed by atoms with Crippen molar-refractivity contribution in [3.05, 3.63) is 41.7 Å². The number of carboxylic acid groups (broad SMARTS) is 1. The van der Waals surface area contributed by atoms with Crippen molar-refractivity contribution >= 4 is 6.47 Å². The van der Waals surface area contributed by atoms with Crippen LogP contribution >= 0.6 is 0 Å². The molecule has 2 aromatic rings. The number of carbonyl (C=O) groups is 1. The summed E-state index contributed by atoms with van der Waals surface area (Å²) in [5, 5.41) is 13.9. The molecule has 0 saturated carbocycles. The number of rotatable bonds is 3. The van der Waals surface area contributed by atoms with E-state index in [-0.39, 0.29) is 6.47 Å². The second-order valence-corrected chi connectivity index (χ2v) is 5.19. The molecule has 1 aliphatic heterocycles. The van der Waals surface area contributed by atoms with E-state index < -0.39 is 0 Å². The molecular weight excluding hydrogens is 266 g/mol. The van der Waals surface area contributed by atoms with Crippen LogP contribution in [0.1, 0.15) is 24.1 Å². The lowest BCUT2D eigenvalue weighted by molar-refractivity contribution is -0.122. The van der Waals surface area contributed by atoms with Crippen LogP contribution in [0.3, 0.4) is 0 Å². The number of aromatic nitrogens is 2. The maximum absolute atomic E-state index is 8.36. The van der Waals surface area contributed by atoms with E-state index in [1.165, 1.54) is 42.6 Å². The average Bonchev–Trinajstić information content (AvgIpc) is 3.12. The average molecular weight is 287 g/mol. The monoisotopic (exact) mass is 287 g/mol. The summed E-state index contributed by atoms with van der Waals surface area (Å²) >= 11 is 0. The van der Waals surface area contributed by atoms with Crippen molar-refractivity contribution in [2.45, 2.75) is 26.3 Å². The zero-order valence-electron chi connectivity index (χ0n) is 12.2. The van der Waals surface area contributed by atoms with Gasteiger partial charge in [0, 0.05) is 17.8 Å². The van der Waals surface area contributed by atoms with Crippen molar-refractivity contribution < 1.29 is 9.90 Å². The van der Waals surface area contributed by atoms with E-state index in [9.17, 15) is 0 Å². The number of nitrogens with one attached hydrogen (secondary N) is 1. The highest BCUT2D eigenvalue weighted by atomic mass is 16.3. The predicted molar refractivity (Wildman–Crippen MR) is 82.0 cm³/mol. The van der Waals surface area contributed by atoms with E-state index in [0.29, 0.717) is 0 Å². The molecule has 0 bridgehead atoms. The van der Waals surface area contributed by atoms with E-state index in [1.54, 1.807) is 0 Å². The van der Waals surface area contributed by atoms with Crippen LogP contribution in [0.15, 0.2) is 30.5 Å². The molecule has 2 heterocycles. The molecule has 21 heavy (non-hydrogen) atoms. The molecule has 1 fully saturated rings. The highest BCUT2D eigenvalue weighted by molar-refractivity contribution is 5.65. The van der Waals surface area contributed by atoms with E-state index in [1.807, 2.05) is 6.20 Å². The fourth-order valence-corrected chi connectivity index (χ4v) is 2.63. The van der Waals surface area contributed by atoms with Gasteiger partial charge >= 0.3 is 0 Å². The fraction of sp³-hybridized carbons (Fsp3) is 0.375. The van der Waals surface area contributed by atoms with Gasteiger partial charge in [0.1, 0.15) is 0 Å². The van der Waals surface area contributed by atoms with Crippen LogP contribution in [0.5, 0.6) is 0 Å². The molecule has 0 radical (unpaired) electrons. The van der Waals surface area contributed by atoms with Crippen molar-refractivity contribution in [2.75, 3.05) is 13.1 Å². The number of likely N-dealkylation sites (tertiary alicyclic amines) is 1. The minimum absolute atomic E-state index is 0.250. The second-order valence-electron chi connectivity index (χ2n) is 5.19. The van der Waals surface area contributed by atoms with Crippen LogP contribution in [0.2, 0.25) is 0 Å². The van der Waals surface area contributed by atoms with Crippen LogP contribution in [-0.2, 0) is 11.3 Å².